The number of pyridine rings is 2. The highest BCUT2D eigenvalue weighted by molar-refractivity contribution is 6.35. The second-order valence-electron chi connectivity index (χ2n) is 9.45. The van der Waals surface area contributed by atoms with Crippen LogP contribution in [0.1, 0.15) is 55.5 Å². The van der Waals surface area contributed by atoms with Crippen LogP contribution in [0.25, 0.3) is 0 Å². The third kappa shape index (κ3) is 6.78. The molecular weight excluding hydrogens is 537 g/mol. The number of halogens is 2. The summed E-state index contributed by atoms with van der Waals surface area (Å²) in [7, 11) is 1.00. The highest BCUT2D eigenvalue weighted by atomic mass is 35.5. The van der Waals surface area contributed by atoms with Crippen molar-refractivity contribution in [2.24, 2.45) is 0 Å². The van der Waals surface area contributed by atoms with Gasteiger partial charge in [0.25, 0.3) is 0 Å². The first-order valence-corrected chi connectivity index (χ1v) is 13.2. The van der Waals surface area contributed by atoms with Gasteiger partial charge in [-0.3, -0.25) is 10.4 Å². The number of rotatable bonds is 9. The van der Waals surface area contributed by atoms with Gasteiger partial charge in [0.15, 0.2) is 0 Å². The summed E-state index contributed by atoms with van der Waals surface area (Å²) in [4.78, 5) is 10.6. The maximum Gasteiger partial charge on any atom is 0.146 e. The molecule has 1 saturated heterocycles. The summed E-state index contributed by atoms with van der Waals surface area (Å²) in [5, 5.41) is 30.0. The van der Waals surface area contributed by atoms with Gasteiger partial charge in [0.05, 0.1) is 26.9 Å². The maximum absolute atomic E-state index is 9.81. The lowest BCUT2D eigenvalue weighted by Gasteiger charge is -2.49. The lowest BCUT2D eigenvalue weighted by Crippen LogP contribution is -2.68. The largest absolute Gasteiger partial charge is 0.486 e. The van der Waals surface area contributed by atoms with E-state index in [0.717, 1.165) is 33.2 Å². The van der Waals surface area contributed by atoms with Gasteiger partial charge in [-0.05, 0) is 51.1 Å². The van der Waals surface area contributed by atoms with E-state index in [9.17, 15) is 5.26 Å². The molecule has 1 fully saturated rings. The van der Waals surface area contributed by atoms with Crippen molar-refractivity contribution in [1.82, 2.24) is 15.3 Å². The molecule has 11 heteroatoms. The van der Waals surface area contributed by atoms with Gasteiger partial charge in [0.2, 0.25) is 0 Å². The van der Waals surface area contributed by atoms with Crippen molar-refractivity contribution in [1.29, 1.82) is 10.7 Å². The number of ether oxygens (including phenoxy) is 1. The minimum atomic E-state index is -0.464. The molecule has 39 heavy (non-hydrogen) atoms. The Morgan fingerprint density at radius 2 is 1.92 bits per heavy atom. The van der Waals surface area contributed by atoms with Gasteiger partial charge in [-0.25, -0.2) is 4.98 Å². The summed E-state index contributed by atoms with van der Waals surface area (Å²) in [6.07, 6.45) is 5.23. The highest BCUT2D eigenvalue weighted by Gasteiger charge is 2.39. The fourth-order valence-corrected chi connectivity index (χ4v) is 5.14. The van der Waals surface area contributed by atoms with Crippen LogP contribution in [0.5, 0.6) is 5.75 Å². The molecule has 206 valence electrons. The average molecular weight is 571 g/mol. The van der Waals surface area contributed by atoms with Gasteiger partial charge in [-0.15, -0.1) is 0 Å². The number of aromatic nitrogens is 2. The van der Waals surface area contributed by atoms with Crippen molar-refractivity contribution in [3.63, 3.8) is 0 Å². The topological polar surface area (TPSA) is 144 Å². The number of hydrogen-bond acceptors (Lipinski definition) is 9. The van der Waals surface area contributed by atoms with E-state index in [1.165, 1.54) is 12.4 Å². The number of nitrogens with one attached hydrogen (secondary N) is 2. The number of anilines is 2. The van der Waals surface area contributed by atoms with E-state index in [1.54, 1.807) is 30.5 Å². The molecule has 5 N–H and O–H groups in total. The first-order chi connectivity index (χ1) is 18.7. The first-order valence-electron chi connectivity index (χ1n) is 12.4. The van der Waals surface area contributed by atoms with Gasteiger partial charge in [0.1, 0.15) is 23.7 Å². The molecule has 0 amide bonds. The Labute approximate surface area is 239 Å². The fourth-order valence-electron chi connectivity index (χ4n) is 4.47. The molecule has 1 aromatic carbocycles. The molecule has 2 aromatic heterocycles. The van der Waals surface area contributed by atoms with Gasteiger partial charge in [-0.1, -0.05) is 30.1 Å². The van der Waals surface area contributed by atoms with Gasteiger partial charge in [0, 0.05) is 61.2 Å². The normalized spacial score (nSPS) is 14.4. The number of aliphatic hydroxyl groups excluding tert-OH is 1. The number of benzene rings is 1. The second kappa shape index (κ2) is 13.1. The van der Waals surface area contributed by atoms with E-state index in [4.69, 9.17) is 44.2 Å². The highest BCUT2D eigenvalue weighted by Crippen LogP contribution is 2.34. The molecular formula is C28H33Cl2N7O2. The minimum absolute atomic E-state index is 0.00649. The quantitative estimate of drug-likeness (QED) is 0.208. The van der Waals surface area contributed by atoms with E-state index in [2.05, 4.69) is 40.1 Å². The maximum atomic E-state index is 9.81. The first kappa shape index (κ1) is 30.1. The van der Waals surface area contributed by atoms with Crippen LogP contribution in [0.15, 0.2) is 42.9 Å². The smallest absolute Gasteiger partial charge is 0.146 e. The van der Waals surface area contributed by atoms with E-state index in [-0.39, 0.29) is 11.3 Å². The molecule has 3 heterocycles. The van der Waals surface area contributed by atoms with E-state index in [0.29, 0.717) is 49.6 Å². The zero-order chi connectivity index (χ0) is 28.7. The number of nitrogens with two attached hydrogens (primary N) is 1. The molecule has 0 bridgehead atoms. The predicted molar refractivity (Wildman–Crippen MR) is 156 cm³/mol. The van der Waals surface area contributed by atoms with Crippen molar-refractivity contribution < 1.29 is 9.84 Å². The zero-order valence-corrected chi connectivity index (χ0v) is 23.9. The predicted octanol–water partition coefficient (Wildman–Crippen LogP) is 4.98. The third-order valence-corrected chi connectivity index (χ3v) is 6.96. The van der Waals surface area contributed by atoms with Crippen LogP contribution in [0.2, 0.25) is 10.0 Å². The molecule has 1 aliphatic heterocycles. The Balaban J connectivity index is 0.00000205. The molecule has 1 aliphatic rings. The molecule has 0 radical (unpaired) electrons. The van der Waals surface area contributed by atoms with Crippen molar-refractivity contribution in [2.75, 3.05) is 37.4 Å². The Bertz CT molecular complexity index is 1350. The lowest BCUT2D eigenvalue weighted by molar-refractivity contribution is 0.227. The Hall–Kier alpha value is -3.42. The van der Waals surface area contributed by atoms with Crippen molar-refractivity contribution in [3.05, 3.63) is 75.2 Å². The van der Waals surface area contributed by atoms with Crippen LogP contribution >= 0.6 is 23.2 Å². The van der Waals surface area contributed by atoms with Crippen LogP contribution in [0.4, 0.5) is 11.5 Å². The summed E-state index contributed by atoms with van der Waals surface area (Å²) in [6.45, 7) is 8.62. The van der Waals surface area contributed by atoms with E-state index < -0.39 is 6.10 Å². The summed E-state index contributed by atoms with van der Waals surface area (Å²) in [5.41, 5.74) is 8.78. The lowest BCUT2D eigenvalue weighted by atomic mass is 9.91. The van der Waals surface area contributed by atoms with Crippen LogP contribution in [-0.2, 0) is 0 Å². The molecule has 1 atom stereocenters. The standard InChI is InChI=1S/C27H29Cl2N7O.CH4O/c1-4-7-35-27(3)14-36(15-27)26-17(10-30)8-18(11-34-26)25(32)20-9-19(5-6-23(20)31)37-16(2)24-21(28)12-33-13-22(24)29;1-2/h5-6,8-9,11-13,16,32,35H,4,7,14-15,31H2,1-3H3;2H,1H3/t16-;/m1./s1. The van der Waals surface area contributed by atoms with Crippen LogP contribution in [0.3, 0.4) is 0 Å². The van der Waals surface area contributed by atoms with Gasteiger partial charge < -0.3 is 25.8 Å². The molecule has 4 rings (SSSR count). The van der Waals surface area contributed by atoms with Crippen LogP contribution < -0.4 is 20.7 Å². The van der Waals surface area contributed by atoms with Crippen LogP contribution in [-0.4, -0.2) is 53.1 Å². The summed E-state index contributed by atoms with van der Waals surface area (Å²) in [6, 6.07) is 9.02. The second-order valence-corrected chi connectivity index (χ2v) is 10.3. The molecule has 0 saturated carbocycles. The third-order valence-electron chi connectivity index (χ3n) is 6.36. The molecule has 0 aliphatic carbocycles. The van der Waals surface area contributed by atoms with E-state index in [1.807, 2.05) is 6.92 Å². The fraction of sp³-hybridized carbons (Fsp3) is 0.357. The summed E-state index contributed by atoms with van der Waals surface area (Å²) >= 11 is 12.5. The van der Waals surface area contributed by atoms with Crippen molar-refractivity contribution in [2.45, 2.75) is 38.8 Å². The van der Waals surface area contributed by atoms with Gasteiger partial charge in [-0.2, -0.15) is 5.26 Å². The number of hydrogen-bond donors (Lipinski definition) is 4. The van der Waals surface area contributed by atoms with E-state index >= 15 is 0 Å². The van der Waals surface area contributed by atoms with Crippen molar-refractivity contribution in [3.8, 4) is 11.8 Å². The Morgan fingerprint density at radius 3 is 2.54 bits per heavy atom. The van der Waals surface area contributed by atoms with Crippen molar-refractivity contribution >= 4 is 40.4 Å². The Kier molecular flexibility index (Phi) is 10.1. The molecule has 0 unspecified atom stereocenters. The summed E-state index contributed by atoms with van der Waals surface area (Å²) < 4.78 is 6.08. The number of nitrogens with zero attached hydrogens (tertiary/aromatic N) is 4. The monoisotopic (exact) mass is 569 g/mol. The zero-order valence-electron chi connectivity index (χ0n) is 22.4. The SMILES string of the molecule is CCCNC1(C)CN(c2ncc(C(=N)c3cc(O[C@H](C)c4c(Cl)cncc4Cl)ccc3N)cc2C#N)C1.CO. The summed E-state index contributed by atoms with van der Waals surface area (Å²) in [5.74, 6) is 1.12. The number of nitriles is 1. The minimum Gasteiger partial charge on any atom is -0.486 e. The average Bonchev–Trinajstić information content (AvgIpc) is 2.91. The van der Waals surface area contributed by atoms with Crippen LogP contribution in [0, 0.1) is 16.7 Å². The molecule has 9 nitrogen and oxygen atoms in total. The molecule has 0 spiro atoms. The Morgan fingerprint density at radius 1 is 1.26 bits per heavy atom. The molecule has 3 aromatic rings. The van der Waals surface area contributed by atoms with Gasteiger partial charge >= 0.3 is 0 Å². The number of aliphatic hydroxyl groups is 1. The number of nitrogen functional groups attached to an aromatic ring is 1.